The number of nitrogens with zero attached hydrogens (tertiary/aromatic N) is 1. The minimum atomic E-state index is -4.46. The van der Waals surface area contributed by atoms with Crippen LogP contribution in [-0.4, -0.2) is 17.0 Å². The first kappa shape index (κ1) is 16.5. The molecule has 1 atom stereocenters. The van der Waals surface area contributed by atoms with Crippen molar-refractivity contribution in [1.29, 1.82) is 0 Å². The number of benzene rings is 1. The van der Waals surface area contributed by atoms with E-state index in [1.54, 1.807) is 0 Å². The first-order valence-corrected chi connectivity index (χ1v) is 7.96. The quantitative estimate of drug-likeness (QED) is 0.811. The summed E-state index contributed by atoms with van der Waals surface area (Å²) in [5.74, 6) is 1.41. The molecule has 0 aromatic heterocycles. The summed E-state index contributed by atoms with van der Waals surface area (Å²) >= 11 is 7.12. The Morgan fingerprint density at radius 2 is 2.14 bits per heavy atom. The molecule has 7 heteroatoms. The van der Waals surface area contributed by atoms with Crippen molar-refractivity contribution in [3.05, 3.63) is 28.8 Å². The number of anilines is 1. The summed E-state index contributed by atoms with van der Waals surface area (Å²) in [4.78, 5) is 4.49. The SMILES string of the molecule is CC(C)CC1CSC(Nc2ccc(Cl)c(C(F)(F)F)c2)=N1. The second kappa shape index (κ2) is 6.48. The summed E-state index contributed by atoms with van der Waals surface area (Å²) in [6, 6.07) is 4.02. The fraction of sp³-hybridized carbons (Fsp3) is 0.500. The van der Waals surface area contributed by atoms with Crippen LogP contribution in [0.2, 0.25) is 5.02 Å². The lowest BCUT2D eigenvalue weighted by Gasteiger charge is -2.12. The number of rotatable bonds is 3. The number of nitrogens with one attached hydrogen (secondary N) is 1. The molecule has 1 heterocycles. The van der Waals surface area contributed by atoms with Crippen LogP contribution in [-0.2, 0) is 6.18 Å². The third-order valence-electron chi connectivity index (χ3n) is 2.98. The summed E-state index contributed by atoms with van der Waals surface area (Å²) in [5.41, 5.74) is -0.486. The van der Waals surface area contributed by atoms with E-state index in [0.29, 0.717) is 16.8 Å². The zero-order chi connectivity index (χ0) is 15.6. The minimum absolute atomic E-state index is 0.229. The Morgan fingerprint density at radius 3 is 2.76 bits per heavy atom. The van der Waals surface area contributed by atoms with Crippen molar-refractivity contribution in [1.82, 2.24) is 0 Å². The van der Waals surface area contributed by atoms with Gasteiger partial charge < -0.3 is 5.32 Å². The molecule has 0 spiro atoms. The van der Waals surface area contributed by atoms with E-state index in [-0.39, 0.29) is 11.1 Å². The Labute approximate surface area is 131 Å². The highest BCUT2D eigenvalue weighted by Crippen LogP contribution is 2.36. The number of halogens is 4. The Balaban J connectivity index is 2.11. The van der Waals surface area contributed by atoms with Gasteiger partial charge in [-0.1, -0.05) is 37.2 Å². The van der Waals surface area contributed by atoms with Crippen molar-refractivity contribution in [2.75, 3.05) is 11.1 Å². The standard InChI is InChI=1S/C14H16ClF3N2S/c1-8(2)5-10-7-21-13(20-10)19-9-3-4-12(15)11(6-9)14(16,17)18/h3-4,6,8,10H,5,7H2,1-2H3,(H,19,20). The fourth-order valence-corrected chi connectivity index (χ4v) is 3.29. The molecule has 0 aliphatic carbocycles. The van der Waals surface area contributed by atoms with Gasteiger partial charge in [-0.2, -0.15) is 13.2 Å². The number of thioether (sulfide) groups is 1. The molecule has 116 valence electrons. The Hall–Kier alpha value is -0.880. The average Bonchev–Trinajstić information content (AvgIpc) is 2.76. The lowest BCUT2D eigenvalue weighted by molar-refractivity contribution is -0.137. The van der Waals surface area contributed by atoms with Crippen LogP contribution in [0.15, 0.2) is 23.2 Å². The van der Waals surface area contributed by atoms with E-state index in [0.717, 1.165) is 18.2 Å². The van der Waals surface area contributed by atoms with Gasteiger partial charge in [0.25, 0.3) is 0 Å². The van der Waals surface area contributed by atoms with E-state index in [2.05, 4.69) is 24.2 Å². The van der Waals surface area contributed by atoms with Crippen LogP contribution >= 0.6 is 23.4 Å². The maximum Gasteiger partial charge on any atom is 0.417 e. The Kier molecular flexibility index (Phi) is 5.09. The highest BCUT2D eigenvalue weighted by Gasteiger charge is 2.33. The van der Waals surface area contributed by atoms with E-state index in [4.69, 9.17) is 11.6 Å². The second-order valence-electron chi connectivity index (χ2n) is 5.35. The lowest BCUT2D eigenvalue weighted by atomic mass is 10.1. The molecular formula is C14H16ClF3N2S. The zero-order valence-electron chi connectivity index (χ0n) is 11.7. The lowest BCUT2D eigenvalue weighted by Crippen LogP contribution is -2.10. The predicted molar refractivity (Wildman–Crippen MR) is 83.2 cm³/mol. The van der Waals surface area contributed by atoms with Gasteiger partial charge in [0.15, 0.2) is 5.17 Å². The van der Waals surface area contributed by atoms with Gasteiger partial charge in [-0.25, -0.2) is 0 Å². The van der Waals surface area contributed by atoms with E-state index in [1.807, 2.05) is 0 Å². The van der Waals surface area contributed by atoms with Gasteiger partial charge in [0.1, 0.15) is 0 Å². The molecule has 0 saturated carbocycles. The van der Waals surface area contributed by atoms with Gasteiger partial charge in [0.05, 0.1) is 16.6 Å². The summed E-state index contributed by atoms with van der Waals surface area (Å²) < 4.78 is 38.4. The molecule has 0 saturated heterocycles. The highest BCUT2D eigenvalue weighted by molar-refractivity contribution is 8.14. The van der Waals surface area contributed by atoms with Crippen molar-refractivity contribution in [2.24, 2.45) is 10.9 Å². The number of amidine groups is 1. The normalized spacial score (nSPS) is 19.0. The summed E-state index contributed by atoms with van der Waals surface area (Å²) in [6.45, 7) is 4.25. The summed E-state index contributed by atoms with van der Waals surface area (Å²) in [6.07, 6.45) is -3.48. The first-order chi connectivity index (χ1) is 9.75. The maximum absolute atomic E-state index is 12.8. The van der Waals surface area contributed by atoms with E-state index < -0.39 is 11.7 Å². The molecule has 0 bridgehead atoms. The Bertz CT molecular complexity index is 544. The van der Waals surface area contributed by atoms with Gasteiger partial charge >= 0.3 is 6.18 Å². The molecule has 1 N–H and O–H groups in total. The van der Waals surface area contributed by atoms with Crippen LogP contribution in [0, 0.1) is 5.92 Å². The Morgan fingerprint density at radius 1 is 1.43 bits per heavy atom. The smallest absolute Gasteiger partial charge is 0.335 e. The van der Waals surface area contributed by atoms with Crippen LogP contribution in [0.1, 0.15) is 25.8 Å². The largest absolute Gasteiger partial charge is 0.417 e. The van der Waals surface area contributed by atoms with Gasteiger partial charge in [0, 0.05) is 11.4 Å². The molecule has 0 amide bonds. The van der Waals surface area contributed by atoms with Crippen molar-refractivity contribution < 1.29 is 13.2 Å². The number of alkyl halides is 3. The number of aliphatic imine (C=N–C) groups is 1. The van der Waals surface area contributed by atoms with Crippen molar-refractivity contribution >= 4 is 34.2 Å². The van der Waals surface area contributed by atoms with Crippen LogP contribution in [0.25, 0.3) is 0 Å². The monoisotopic (exact) mass is 336 g/mol. The second-order valence-corrected chi connectivity index (χ2v) is 6.76. The van der Waals surface area contributed by atoms with Crippen LogP contribution in [0.5, 0.6) is 0 Å². The van der Waals surface area contributed by atoms with Gasteiger partial charge in [-0.3, -0.25) is 4.99 Å². The van der Waals surface area contributed by atoms with E-state index in [1.165, 1.54) is 23.9 Å². The third-order valence-corrected chi connectivity index (χ3v) is 4.34. The molecule has 1 aliphatic rings. The number of hydrogen-bond donors (Lipinski definition) is 1. The molecule has 1 aromatic carbocycles. The molecule has 1 aliphatic heterocycles. The molecule has 21 heavy (non-hydrogen) atoms. The fourth-order valence-electron chi connectivity index (χ4n) is 2.09. The molecular weight excluding hydrogens is 321 g/mol. The topological polar surface area (TPSA) is 24.4 Å². The van der Waals surface area contributed by atoms with Gasteiger partial charge in [0.2, 0.25) is 0 Å². The molecule has 2 nitrogen and oxygen atoms in total. The zero-order valence-corrected chi connectivity index (χ0v) is 13.2. The highest BCUT2D eigenvalue weighted by atomic mass is 35.5. The van der Waals surface area contributed by atoms with E-state index in [9.17, 15) is 13.2 Å². The van der Waals surface area contributed by atoms with Crippen LogP contribution in [0.4, 0.5) is 18.9 Å². The molecule has 1 unspecified atom stereocenters. The van der Waals surface area contributed by atoms with Crippen LogP contribution in [0.3, 0.4) is 0 Å². The maximum atomic E-state index is 12.8. The first-order valence-electron chi connectivity index (χ1n) is 6.60. The van der Waals surface area contributed by atoms with E-state index >= 15 is 0 Å². The third kappa shape index (κ3) is 4.54. The van der Waals surface area contributed by atoms with Gasteiger partial charge in [-0.15, -0.1) is 0 Å². The van der Waals surface area contributed by atoms with Crippen molar-refractivity contribution in [3.8, 4) is 0 Å². The predicted octanol–water partition coefficient (Wildman–Crippen LogP) is 5.29. The summed E-state index contributed by atoms with van der Waals surface area (Å²) in [5, 5.41) is 3.30. The average molecular weight is 337 g/mol. The van der Waals surface area contributed by atoms with Gasteiger partial charge in [-0.05, 0) is 30.5 Å². The van der Waals surface area contributed by atoms with Crippen molar-refractivity contribution in [3.63, 3.8) is 0 Å². The molecule has 0 radical (unpaired) electrons. The molecule has 2 rings (SSSR count). The molecule has 1 aromatic rings. The number of hydrogen-bond acceptors (Lipinski definition) is 3. The minimum Gasteiger partial charge on any atom is -0.335 e. The molecule has 0 fully saturated rings. The summed E-state index contributed by atoms with van der Waals surface area (Å²) in [7, 11) is 0. The van der Waals surface area contributed by atoms with Crippen molar-refractivity contribution in [2.45, 2.75) is 32.5 Å². The van der Waals surface area contributed by atoms with Crippen LogP contribution < -0.4 is 5.32 Å².